The lowest BCUT2D eigenvalue weighted by Gasteiger charge is -2.11. The predicted octanol–water partition coefficient (Wildman–Crippen LogP) is 0.579. The van der Waals surface area contributed by atoms with Crippen LogP contribution in [0.5, 0.6) is 0 Å². The van der Waals surface area contributed by atoms with Gasteiger partial charge in [-0.1, -0.05) is 0 Å². The van der Waals surface area contributed by atoms with Crippen LogP contribution in [0.2, 0.25) is 0 Å². The summed E-state index contributed by atoms with van der Waals surface area (Å²) in [5, 5.41) is 9.43. The highest BCUT2D eigenvalue weighted by molar-refractivity contribution is 4.92. The molecule has 0 aliphatic heterocycles. The molecule has 0 aromatic heterocycles. The highest BCUT2D eigenvalue weighted by Crippen LogP contribution is 2.34. The Bertz CT molecular complexity index is 156. The van der Waals surface area contributed by atoms with Crippen molar-refractivity contribution < 1.29 is 19.3 Å². The van der Waals surface area contributed by atoms with E-state index in [4.69, 9.17) is 14.2 Å². The second kappa shape index (κ2) is 5.66. The van der Waals surface area contributed by atoms with E-state index < -0.39 is 5.60 Å². The molecular formula is C10H20O4. The van der Waals surface area contributed by atoms with Crippen LogP contribution in [-0.2, 0) is 14.2 Å². The summed E-state index contributed by atoms with van der Waals surface area (Å²) in [7, 11) is 1.66. The average molecular weight is 204 g/mol. The van der Waals surface area contributed by atoms with E-state index in [0.717, 1.165) is 12.8 Å². The second-order valence-corrected chi connectivity index (χ2v) is 3.90. The summed E-state index contributed by atoms with van der Waals surface area (Å²) >= 11 is 0. The fraction of sp³-hybridized carbons (Fsp3) is 1.00. The molecule has 1 fully saturated rings. The lowest BCUT2D eigenvalue weighted by atomic mass is 10.4. The molecule has 0 saturated heterocycles. The zero-order chi connectivity index (χ0) is 10.4. The maximum atomic E-state index is 9.43. The first kappa shape index (κ1) is 11.9. The molecule has 84 valence electrons. The number of methoxy groups -OCH3 is 1. The molecule has 1 aliphatic rings. The minimum Gasteiger partial charge on any atom is -0.387 e. The molecule has 1 rings (SSSR count). The van der Waals surface area contributed by atoms with E-state index in [1.54, 1.807) is 7.11 Å². The lowest BCUT2D eigenvalue weighted by Crippen LogP contribution is -2.20. The number of ether oxygens (including phenoxy) is 3. The maximum absolute atomic E-state index is 9.43. The Kier molecular flexibility index (Phi) is 4.81. The topological polar surface area (TPSA) is 47.9 Å². The fourth-order valence-corrected chi connectivity index (χ4v) is 0.986. The molecule has 0 heterocycles. The normalized spacial score (nSPS) is 20.8. The van der Waals surface area contributed by atoms with Gasteiger partial charge in [-0.3, -0.25) is 0 Å². The number of rotatable bonds is 8. The first-order valence-corrected chi connectivity index (χ1v) is 5.07. The van der Waals surface area contributed by atoms with Gasteiger partial charge in [0, 0.05) is 7.11 Å². The third-order valence-corrected chi connectivity index (χ3v) is 2.32. The van der Waals surface area contributed by atoms with Gasteiger partial charge in [-0.05, 0) is 19.8 Å². The minimum atomic E-state index is -0.514. The van der Waals surface area contributed by atoms with Crippen molar-refractivity contribution in [2.75, 3.05) is 33.5 Å². The van der Waals surface area contributed by atoms with Crippen LogP contribution < -0.4 is 0 Å². The molecule has 1 saturated carbocycles. The molecule has 14 heavy (non-hydrogen) atoms. The summed E-state index contributed by atoms with van der Waals surface area (Å²) in [4.78, 5) is 0. The zero-order valence-electron chi connectivity index (χ0n) is 8.99. The second-order valence-electron chi connectivity index (χ2n) is 3.90. The van der Waals surface area contributed by atoms with Gasteiger partial charge in [0.05, 0.1) is 38.1 Å². The van der Waals surface area contributed by atoms with E-state index in [1.807, 2.05) is 6.92 Å². The molecular weight excluding hydrogens is 184 g/mol. The first-order chi connectivity index (χ1) is 6.66. The van der Waals surface area contributed by atoms with Gasteiger partial charge in [0.2, 0.25) is 0 Å². The SMILES string of the molecule is COC(C)COCCOCC1(O)CC1. The fourth-order valence-electron chi connectivity index (χ4n) is 0.986. The van der Waals surface area contributed by atoms with Gasteiger partial charge in [0.1, 0.15) is 0 Å². The third-order valence-electron chi connectivity index (χ3n) is 2.32. The van der Waals surface area contributed by atoms with Crippen molar-refractivity contribution in [1.82, 2.24) is 0 Å². The smallest absolute Gasteiger partial charge is 0.0882 e. The largest absolute Gasteiger partial charge is 0.387 e. The van der Waals surface area contributed by atoms with Gasteiger partial charge in [-0.25, -0.2) is 0 Å². The van der Waals surface area contributed by atoms with Crippen LogP contribution in [0.3, 0.4) is 0 Å². The molecule has 1 N–H and O–H groups in total. The van der Waals surface area contributed by atoms with Crippen LogP contribution in [-0.4, -0.2) is 50.3 Å². The monoisotopic (exact) mass is 204 g/mol. The van der Waals surface area contributed by atoms with Crippen LogP contribution in [0.15, 0.2) is 0 Å². The molecule has 0 bridgehead atoms. The van der Waals surface area contributed by atoms with Crippen LogP contribution >= 0.6 is 0 Å². The summed E-state index contributed by atoms with van der Waals surface area (Å²) < 4.78 is 15.6. The van der Waals surface area contributed by atoms with E-state index in [-0.39, 0.29) is 6.10 Å². The lowest BCUT2D eigenvalue weighted by molar-refractivity contribution is -0.0279. The van der Waals surface area contributed by atoms with E-state index in [9.17, 15) is 5.11 Å². The van der Waals surface area contributed by atoms with Crippen LogP contribution in [0, 0.1) is 0 Å². The Morgan fingerprint density at radius 2 is 1.93 bits per heavy atom. The Morgan fingerprint density at radius 3 is 2.50 bits per heavy atom. The Hall–Kier alpha value is -0.160. The molecule has 0 radical (unpaired) electrons. The zero-order valence-corrected chi connectivity index (χ0v) is 8.99. The van der Waals surface area contributed by atoms with E-state index in [1.165, 1.54) is 0 Å². The summed E-state index contributed by atoms with van der Waals surface area (Å²) in [6.07, 6.45) is 1.87. The van der Waals surface area contributed by atoms with Crippen molar-refractivity contribution in [1.29, 1.82) is 0 Å². The third kappa shape index (κ3) is 4.91. The van der Waals surface area contributed by atoms with E-state index >= 15 is 0 Å². The molecule has 0 amide bonds. The average Bonchev–Trinajstić information content (AvgIpc) is 2.90. The Balaban J connectivity index is 1.80. The Labute approximate surface area is 85.2 Å². The number of aliphatic hydroxyl groups is 1. The van der Waals surface area contributed by atoms with E-state index in [2.05, 4.69) is 0 Å². The molecule has 0 spiro atoms. The maximum Gasteiger partial charge on any atom is 0.0882 e. The van der Waals surface area contributed by atoms with Crippen LogP contribution in [0.1, 0.15) is 19.8 Å². The highest BCUT2D eigenvalue weighted by atomic mass is 16.5. The van der Waals surface area contributed by atoms with Crippen molar-refractivity contribution in [2.24, 2.45) is 0 Å². The van der Waals surface area contributed by atoms with Gasteiger partial charge in [-0.2, -0.15) is 0 Å². The van der Waals surface area contributed by atoms with Crippen LogP contribution in [0.4, 0.5) is 0 Å². The molecule has 0 aromatic carbocycles. The van der Waals surface area contributed by atoms with Gasteiger partial charge in [-0.15, -0.1) is 0 Å². The van der Waals surface area contributed by atoms with Crippen molar-refractivity contribution in [3.8, 4) is 0 Å². The van der Waals surface area contributed by atoms with Gasteiger partial charge in [0.25, 0.3) is 0 Å². The van der Waals surface area contributed by atoms with Crippen molar-refractivity contribution in [3.63, 3.8) is 0 Å². The summed E-state index contributed by atoms with van der Waals surface area (Å²) in [6, 6.07) is 0. The molecule has 1 unspecified atom stereocenters. The highest BCUT2D eigenvalue weighted by Gasteiger charge is 2.40. The van der Waals surface area contributed by atoms with E-state index in [0.29, 0.717) is 26.4 Å². The summed E-state index contributed by atoms with van der Waals surface area (Å²) in [5.74, 6) is 0. The molecule has 1 atom stereocenters. The predicted molar refractivity (Wildman–Crippen MR) is 52.3 cm³/mol. The number of hydrogen-bond acceptors (Lipinski definition) is 4. The standard InChI is InChI=1S/C10H20O4/c1-9(12-2)7-13-5-6-14-8-10(11)3-4-10/h9,11H,3-8H2,1-2H3. The first-order valence-electron chi connectivity index (χ1n) is 5.07. The number of hydrogen-bond donors (Lipinski definition) is 1. The Morgan fingerprint density at radius 1 is 1.29 bits per heavy atom. The van der Waals surface area contributed by atoms with Gasteiger partial charge in [0.15, 0.2) is 0 Å². The summed E-state index contributed by atoms with van der Waals surface area (Å²) in [6.45, 7) is 4.08. The summed E-state index contributed by atoms with van der Waals surface area (Å²) in [5.41, 5.74) is -0.514. The van der Waals surface area contributed by atoms with Gasteiger partial charge < -0.3 is 19.3 Å². The molecule has 0 aromatic rings. The van der Waals surface area contributed by atoms with Crippen molar-refractivity contribution in [2.45, 2.75) is 31.5 Å². The van der Waals surface area contributed by atoms with Crippen molar-refractivity contribution >= 4 is 0 Å². The van der Waals surface area contributed by atoms with Crippen LogP contribution in [0.25, 0.3) is 0 Å². The quantitative estimate of drug-likeness (QED) is 0.587. The molecule has 1 aliphatic carbocycles. The van der Waals surface area contributed by atoms with Crippen molar-refractivity contribution in [3.05, 3.63) is 0 Å². The molecule has 4 heteroatoms. The molecule has 4 nitrogen and oxygen atoms in total. The minimum absolute atomic E-state index is 0.127. The van der Waals surface area contributed by atoms with Gasteiger partial charge >= 0.3 is 0 Å².